The lowest BCUT2D eigenvalue weighted by Gasteiger charge is -2.20. The van der Waals surface area contributed by atoms with Gasteiger partial charge in [-0.15, -0.1) is 0 Å². The molecule has 0 aliphatic rings. The van der Waals surface area contributed by atoms with Gasteiger partial charge in [-0.25, -0.2) is 12.8 Å². The van der Waals surface area contributed by atoms with Crippen molar-refractivity contribution in [1.29, 1.82) is 0 Å². The monoisotopic (exact) mass is 431 g/mol. The number of pyridine rings is 1. The van der Waals surface area contributed by atoms with Crippen LogP contribution in [0.4, 0.5) is 10.1 Å². The second kappa shape index (κ2) is 7.56. The lowest BCUT2D eigenvalue weighted by Crippen LogP contribution is -2.42. The van der Waals surface area contributed by atoms with E-state index in [2.05, 4.69) is 10.3 Å². The molecule has 0 saturated heterocycles. The van der Waals surface area contributed by atoms with Gasteiger partial charge in [0.1, 0.15) is 11.4 Å². The molecule has 1 amide bonds. The zero-order valence-electron chi connectivity index (χ0n) is 17.0. The number of carbonyl (C=O) groups is 1. The summed E-state index contributed by atoms with van der Waals surface area (Å²) in [6.07, 6.45) is 1.31. The molecule has 2 aromatic carbocycles. The van der Waals surface area contributed by atoms with Gasteiger partial charge in [0.25, 0.3) is 15.9 Å². The second-order valence-corrected chi connectivity index (χ2v) is 9.86. The summed E-state index contributed by atoms with van der Waals surface area (Å²) < 4.78 is 40.2. The number of nitrogens with one attached hydrogen (secondary N) is 2. The van der Waals surface area contributed by atoms with Crippen molar-refractivity contribution in [1.82, 2.24) is 10.3 Å². The third-order valence-corrected chi connectivity index (χ3v) is 6.22. The SMILES string of the molecule is CN(c1ccc(F)cc1)S(=O)(=O)c1ccc2[nH]cc(C(=O)NC(C)(C)C)c(=O)c2c1. The van der Waals surface area contributed by atoms with Gasteiger partial charge in [0, 0.05) is 29.7 Å². The molecule has 0 bridgehead atoms. The molecule has 3 aromatic rings. The molecule has 0 saturated carbocycles. The molecule has 158 valence electrons. The van der Waals surface area contributed by atoms with E-state index in [-0.39, 0.29) is 21.5 Å². The minimum atomic E-state index is -4.02. The van der Waals surface area contributed by atoms with Crippen molar-refractivity contribution < 1.29 is 17.6 Å². The summed E-state index contributed by atoms with van der Waals surface area (Å²) in [5, 5.41) is 2.79. The first-order valence-electron chi connectivity index (χ1n) is 9.12. The van der Waals surface area contributed by atoms with Crippen LogP contribution in [0.2, 0.25) is 0 Å². The highest BCUT2D eigenvalue weighted by Crippen LogP contribution is 2.24. The first-order valence-corrected chi connectivity index (χ1v) is 10.6. The molecule has 0 radical (unpaired) electrons. The van der Waals surface area contributed by atoms with E-state index in [9.17, 15) is 22.4 Å². The van der Waals surface area contributed by atoms with Gasteiger partial charge in [0.2, 0.25) is 5.43 Å². The molecule has 7 nitrogen and oxygen atoms in total. The van der Waals surface area contributed by atoms with E-state index in [4.69, 9.17) is 0 Å². The highest BCUT2D eigenvalue weighted by atomic mass is 32.2. The number of hydrogen-bond donors (Lipinski definition) is 2. The Balaban J connectivity index is 2.07. The molecule has 1 heterocycles. The molecule has 1 aromatic heterocycles. The Labute approximate surface area is 173 Å². The largest absolute Gasteiger partial charge is 0.360 e. The molecular formula is C21H22FN3O4S. The van der Waals surface area contributed by atoms with Crippen LogP contribution in [0.3, 0.4) is 0 Å². The van der Waals surface area contributed by atoms with E-state index in [0.717, 1.165) is 16.4 Å². The van der Waals surface area contributed by atoms with Crippen molar-refractivity contribution in [2.75, 3.05) is 11.4 Å². The van der Waals surface area contributed by atoms with Gasteiger partial charge in [-0.05, 0) is 63.2 Å². The fraction of sp³-hybridized carbons (Fsp3) is 0.238. The van der Waals surface area contributed by atoms with Crippen LogP contribution in [-0.4, -0.2) is 31.9 Å². The van der Waals surface area contributed by atoms with E-state index < -0.39 is 32.7 Å². The summed E-state index contributed by atoms with van der Waals surface area (Å²) in [4.78, 5) is 28.1. The average molecular weight is 431 g/mol. The Hall–Kier alpha value is -3.20. The van der Waals surface area contributed by atoms with Crippen LogP contribution in [0.25, 0.3) is 10.9 Å². The van der Waals surface area contributed by atoms with Crippen molar-refractivity contribution in [3.63, 3.8) is 0 Å². The summed E-state index contributed by atoms with van der Waals surface area (Å²) in [7, 11) is -2.68. The molecule has 0 fully saturated rings. The normalized spacial score (nSPS) is 12.0. The molecule has 0 atom stereocenters. The van der Waals surface area contributed by atoms with Crippen LogP contribution in [-0.2, 0) is 10.0 Å². The number of rotatable bonds is 4. The van der Waals surface area contributed by atoms with Crippen molar-refractivity contribution in [3.05, 3.63) is 70.3 Å². The Kier molecular flexibility index (Phi) is 5.42. The molecular weight excluding hydrogens is 409 g/mol. The van der Waals surface area contributed by atoms with Crippen LogP contribution in [0, 0.1) is 5.82 Å². The van der Waals surface area contributed by atoms with Gasteiger partial charge in [-0.2, -0.15) is 0 Å². The van der Waals surface area contributed by atoms with Crippen LogP contribution >= 0.6 is 0 Å². The summed E-state index contributed by atoms with van der Waals surface area (Å²) in [5.74, 6) is -1.04. The molecule has 0 aliphatic carbocycles. The van der Waals surface area contributed by atoms with Crippen molar-refractivity contribution in [2.45, 2.75) is 31.2 Å². The van der Waals surface area contributed by atoms with Crippen LogP contribution in [0.5, 0.6) is 0 Å². The topological polar surface area (TPSA) is 99.3 Å². The number of fused-ring (bicyclic) bond motifs is 1. The highest BCUT2D eigenvalue weighted by Gasteiger charge is 2.24. The lowest BCUT2D eigenvalue weighted by atomic mass is 10.1. The van der Waals surface area contributed by atoms with E-state index in [1.807, 2.05) is 0 Å². The fourth-order valence-electron chi connectivity index (χ4n) is 2.88. The zero-order valence-corrected chi connectivity index (χ0v) is 17.8. The van der Waals surface area contributed by atoms with E-state index >= 15 is 0 Å². The predicted octanol–water partition coefficient (Wildman–Crippen LogP) is 3.02. The highest BCUT2D eigenvalue weighted by molar-refractivity contribution is 7.92. The molecule has 2 N–H and O–H groups in total. The summed E-state index contributed by atoms with van der Waals surface area (Å²) in [5.41, 5.74) is -0.563. The molecule has 9 heteroatoms. The Morgan fingerprint density at radius 2 is 1.73 bits per heavy atom. The summed E-state index contributed by atoms with van der Waals surface area (Å²) in [6.45, 7) is 5.36. The summed E-state index contributed by atoms with van der Waals surface area (Å²) >= 11 is 0. The van der Waals surface area contributed by atoms with E-state index in [1.54, 1.807) is 20.8 Å². The minimum absolute atomic E-state index is 0.0742. The number of nitrogens with zero attached hydrogens (tertiary/aromatic N) is 1. The van der Waals surface area contributed by atoms with Crippen LogP contribution < -0.4 is 15.1 Å². The zero-order chi connectivity index (χ0) is 22.3. The first-order chi connectivity index (χ1) is 13.9. The Morgan fingerprint density at radius 3 is 2.33 bits per heavy atom. The van der Waals surface area contributed by atoms with Gasteiger partial charge in [-0.1, -0.05) is 0 Å². The average Bonchev–Trinajstić information content (AvgIpc) is 2.66. The predicted molar refractivity (Wildman–Crippen MR) is 114 cm³/mol. The number of carbonyl (C=O) groups excluding carboxylic acids is 1. The molecule has 0 unspecified atom stereocenters. The Morgan fingerprint density at radius 1 is 1.10 bits per heavy atom. The number of H-pyrrole nitrogens is 1. The number of halogens is 1. The smallest absolute Gasteiger partial charge is 0.264 e. The third kappa shape index (κ3) is 4.20. The van der Waals surface area contributed by atoms with Crippen molar-refractivity contribution >= 4 is 32.5 Å². The van der Waals surface area contributed by atoms with Gasteiger partial charge in [-0.3, -0.25) is 13.9 Å². The molecule has 3 rings (SSSR count). The number of aromatic nitrogens is 1. The number of sulfonamides is 1. The minimum Gasteiger partial charge on any atom is -0.360 e. The summed E-state index contributed by atoms with van der Waals surface area (Å²) in [6, 6.07) is 9.07. The van der Waals surface area contributed by atoms with Gasteiger partial charge < -0.3 is 10.3 Å². The number of aromatic amines is 1. The quantitative estimate of drug-likeness (QED) is 0.663. The maximum atomic E-state index is 13.2. The van der Waals surface area contributed by atoms with Crippen LogP contribution in [0.15, 0.2) is 58.4 Å². The lowest BCUT2D eigenvalue weighted by molar-refractivity contribution is 0.0918. The molecule has 0 spiro atoms. The van der Waals surface area contributed by atoms with Crippen LogP contribution in [0.1, 0.15) is 31.1 Å². The van der Waals surface area contributed by atoms with Gasteiger partial charge >= 0.3 is 0 Å². The third-order valence-electron chi connectivity index (χ3n) is 4.43. The number of hydrogen-bond acceptors (Lipinski definition) is 4. The second-order valence-electron chi connectivity index (χ2n) is 7.89. The molecule has 30 heavy (non-hydrogen) atoms. The number of benzene rings is 2. The number of anilines is 1. The van der Waals surface area contributed by atoms with E-state index in [1.165, 1.54) is 43.6 Å². The van der Waals surface area contributed by atoms with Crippen molar-refractivity contribution in [3.8, 4) is 0 Å². The number of amides is 1. The standard InChI is InChI=1S/C21H22FN3O4S/c1-21(2,3)24-20(27)17-12-23-18-10-9-15(11-16(18)19(17)26)30(28,29)25(4)14-7-5-13(22)6-8-14/h5-12H,1-4H3,(H,23,26)(H,24,27). The van der Waals surface area contributed by atoms with E-state index in [0.29, 0.717) is 5.52 Å². The molecule has 0 aliphatic heterocycles. The first kappa shape index (κ1) is 21.5. The van der Waals surface area contributed by atoms with Crippen molar-refractivity contribution in [2.24, 2.45) is 0 Å². The fourth-order valence-corrected chi connectivity index (χ4v) is 4.10. The maximum Gasteiger partial charge on any atom is 0.264 e. The van der Waals surface area contributed by atoms with Gasteiger partial charge in [0.15, 0.2) is 0 Å². The maximum absolute atomic E-state index is 13.2. The Bertz CT molecular complexity index is 1280. The van der Waals surface area contributed by atoms with Gasteiger partial charge in [0.05, 0.1) is 10.6 Å².